The van der Waals surface area contributed by atoms with Crippen molar-refractivity contribution in [2.24, 2.45) is 0 Å². The number of carbonyl (C=O) groups excluding carboxylic acids is 1. The van der Waals surface area contributed by atoms with Crippen LogP contribution in [0.3, 0.4) is 0 Å². The van der Waals surface area contributed by atoms with Crippen LogP contribution in [0, 0.1) is 0 Å². The highest BCUT2D eigenvalue weighted by Gasteiger charge is 2.16. The van der Waals surface area contributed by atoms with Crippen LogP contribution >= 0.6 is 11.3 Å². The van der Waals surface area contributed by atoms with Gasteiger partial charge in [0.05, 0.1) is 19.8 Å². The third-order valence-electron chi connectivity index (χ3n) is 2.00. The average Bonchev–Trinajstić information content (AvgIpc) is 2.71. The van der Waals surface area contributed by atoms with Crippen molar-refractivity contribution >= 4 is 28.2 Å². The number of nitrogens with one attached hydrogen (secondary N) is 1. The molecule has 1 rings (SSSR count). The standard InChI is InChI=1S/C10H18N4O3S/c1-14(2)10-13-8(11)7(18-10)9(16)12-3-5-17-6-4-15/h15H,3-6,11H2,1-2H3,(H,12,16). The summed E-state index contributed by atoms with van der Waals surface area (Å²) in [6.07, 6.45) is 0. The zero-order valence-electron chi connectivity index (χ0n) is 10.5. The van der Waals surface area contributed by atoms with Crippen LogP contribution in [0.1, 0.15) is 9.67 Å². The molecule has 1 heterocycles. The minimum atomic E-state index is -0.259. The number of nitrogens with zero attached hydrogens (tertiary/aromatic N) is 2. The van der Waals surface area contributed by atoms with Crippen LogP contribution in [0.25, 0.3) is 0 Å². The molecule has 0 aliphatic carbocycles. The Bertz CT molecular complexity index is 394. The molecule has 7 nitrogen and oxygen atoms in total. The van der Waals surface area contributed by atoms with Crippen molar-refractivity contribution < 1.29 is 14.6 Å². The maximum Gasteiger partial charge on any atom is 0.265 e. The van der Waals surface area contributed by atoms with Gasteiger partial charge in [-0.2, -0.15) is 0 Å². The summed E-state index contributed by atoms with van der Waals surface area (Å²) in [4.78, 5) is 18.1. The van der Waals surface area contributed by atoms with E-state index in [4.69, 9.17) is 15.6 Å². The van der Waals surface area contributed by atoms with Crippen LogP contribution in [0.5, 0.6) is 0 Å². The van der Waals surface area contributed by atoms with E-state index in [1.54, 1.807) is 4.90 Å². The topological polar surface area (TPSA) is 101 Å². The van der Waals surface area contributed by atoms with E-state index in [-0.39, 0.29) is 24.9 Å². The molecule has 0 aromatic carbocycles. The predicted molar refractivity (Wildman–Crippen MR) is 71.1 cm³/mol. The van der Waals surface area contributed by atoms with Gasteiger partial charge in [0.25, 0.3) is 5.91 Å². The van der Waals surface area contributed by atoms with Crippen molar-refractivity contribution in [1.82, 2.24) is 10.3 Å². The van der Waals surface area contributed by atoms with Crippen molar-refractivity contribution in [2.45, 2.75) is 0 Å². The van der Waals surface area contributed by atoms with Crippen LogP contribution in [-0.4, -0.2) is 56.5 Å². The van der Waals surface area contributed by atoms with E-state index >= 15 is 0 Å². The molecule has 4 N–H and O–H groups in total. The predicted octanol–water partition coefficient (Wildman–Crippen LogP) is -0.470. The quantitative estimate of drug-likeness (QED) is 0.581. The first-order chi connectivity index (χ1) is 8.56. The van der Waals surface area contributed by atoms with E-state index in [0.29, 0.717) is 23.2 Å². The molecule has 1 aromatic rings. The maximum atomic E-state index is 11.8. The molecule has 0 fully saturated rings. The molecule has 0 unspecified atom stereocenters. The second kappa shape index (κ2) is 7.14. The summed E-state index contributed by atoms with van der Waals surface area (Å²) in [5.41, 5.74) is 5.68. The molecule has 1 amide bonds. The van der Waals surface area contributed by atoms with E-state index in [1.807, 2.05) is 14.1 Å². The van der Waals surface area contributed by atoms with E-state index in [0.717, 1.165) is 0 Å². The molecule has 0 aliphatic rings. The van der Waals surface area contributed by atoms with Gasteiger partial charge in [-0.25, -0.2) is 4.98 Å². The highest BCUT2D eigenvalue weighted by Crippen LogP contribution is 2.26. The number of carbonyl (C=O) groups is 1. The van der Waals surface area contributed by atoms with Gasteiger partial charge in [0.15, 0.2) is 5.13 Å². The van der Waals surface area contributed by atoms with Gasteiger partial charge in [0.2, 0.25) is 0 Å². The molecule has 0 atom stereocenters. The van der Waals surface area contributed by atoms with Crippen molar-refractivity contribution in [3.8, 4) is 0 Å². The van der Waals surface area contributed by atoms with Crippen LogP contribution in [-0.2, 0) is 4.74 Å². The summed E-state index contributed by atoms with van der Waals surface area (Å²) < 4.78 is 5.03. The normalized spacial score (nSPS) is 10.4. The van der Waals surface area contributed by atoms with Crippen LogP contribution in [0.2, 0.25) is 0 Å². The summed E-state index contributed by atoms with van der Waals surface area (Å²) in [5, 5.41) is 11.9. The lowest BCUT2D eigenvalue weighted by Crippen LogP contribution is -2.27. The van der Waals surface area contributed by atoms with Gasteiger partial charge >= 0.3 is 0 Å². The first-order valence-electron chi connectivity index (χ1n) is 5.46. The third kappa shape index (κ3) is 4.13. The van der Waals surface area contributed by atoms with Crippen LogP contribution in [0.4, 0.5) is 10.9 Å². The lowest BCUT2D eigenvalue weighted by atomic mass is 10.4. The third-order valence-corrected chi connectivity index (χ3v) is 3.24. The molecule has 0 bridgehead atoms. The van der Waals surface area contributed by atoms with Crippen molar-refractivity contribution in [3.63, 3.8) is 0 Å². The largest absolute Gasteiger partial charge is 0.394 e. The van der Waals surface area contributed by atoms with E-state index in [2.05, 4.69) is 10.3 Å². The molecular formula is C10H18N4O3S. The number of hydrogen-bond donors (Lipinski definition) is 3. The molecule has 102 valence electrons. The number of aliphatic hydroxyl groups excluding tert-OH is 1. The number of rotatable bonds is 7. The highest BCUT2D eigenvalue weighted by atomic mass is 32.1. The summed E-state index contributed by atoms with van der Waals surface area (Å²) in [6.45, 7) is 0.963. The van der Waals surface area contributed by atoms with Crippen molar-refractivity contribution in [3.05, 3.63) is 4.88 Å². The molecule has 0 saturated carbocycles. The van der Waals surface area contributed by atoms with Gasteiger partial charge in [-0.1, -0.05) is 11.3 Å². The number of anilines is 2. The number of nitrogen functional groups attached to an aromatic ring is 1. The number of ether oxygens (including phenoxy) is 1. The van der Waals surface area contributed by atoms with E-state index in [9.17, 15) is 4.79 Å². The van der Waals surface area contributed by atoms with Gasteiger partial charge in [0.1, 0.15) is 10.7 Å². The zero-order chi connectivity index (χ0) is 13.5. The maximum absolute atomic E-state index is 11.8. The zero-order valence-corrected chi connectivity index (χ0v) is 11.3. The smallest absolute Gasteiger partial charge is 0.265 e. The van der Waals surface area contributed by atoms with Crippen LogP contribution in [0.15, 0.2) is 0 Å². The Labute approximate surface area is 110 Å². The number of amides is 1. The SMILES string of the molecule is CN(C)c1nc(N)c(C(=O)NCCOCCO)s1. The Morgan fingerprint density at radius 2 is 2.28 bits per heavy atom. The van der Waals surface area contributed by atoms with E-state index in [1.165, 1.54) is 11.3 Å². The van der Waals surface area contributed by atoms with Crippen LogP contribution < -0.4 is 16.0 Å². The average molecular weight is 274 g/mol. The number of thiazole rings is 1. The van der Waals surface area contributed by atoms with Gasteiger partial charge in [-0.05, 0) is 0 Å². The Balaban J connectivity index is 2.46. The van der Waals surface area contributed by atoms with Gasteiger partial charge < -0.3 is 25.8 Å². The monoisotopic (exact) mass is 274 g/mol. The molecule has 0 spiro atoms. The van der Waals surface area contributed by atoms with Gasteiger partial charge in [0, 0.05) is 20.6 Å². The summed E-state index contributed by atoms with van der Waals surface area (Å²) in [6, 6.07) is 0. The fourth-order valence-electron chi connectivity index (χ4n) is 1.16. The minimum Gasteiger partial charge on any atom is -0.394 e. The lowest BCUT2D eigenvalue weighted by molar-refractivity contribution is 0.0841. The summed E-state index contributed by atoms with van der Waals surface area (Å²) in [7, 11) is 3.67. The Hall–Kier alpha value is -1.38. The summed E-state index contributed by atoms with van der Waals surface area (Å²) >= 11 is 1.24. The summed E-state index contributed by atoms with van der Waals surface area (Å²) in [5.74, 6) is -0.0248. The molecule has 8 heteroatoms. The first kappa shape index (κ1) is 14.7. The van der Waals surface area contributed by atoms with Gasteiger partial charge in [-0.3, -0.25) is 4.79 Å². The minimum absolute atomic E-state index is 0.0259. The number of nitrogens with two attached hydrogens (primary N) is 1. The number of hydrogen-bond acceptors (Lipinski definition) is 7. The molecular weight excluding hydrogens is 256 g/mol. The Morgan fingerprint density at radius 1 is 1.56 bits per heavy atom. The fraction of sp³-hybridized carbons (Fsp3) is 0.600. The Morgan fingerprint density at radius 3 is 2.83 bits per heavy atom. The second-order valence-electron chi connectivity index (χ2n) is 3.70. The van der Waals surface area contributed by atoms with Crippen molar-refractivity contribution in [2.75, 3.05) is 51.1 Å². The Kier molecular flexibility index (Phi) is 5.83. The highest BCUT2D eigenvalue weighted by molar-refractivity contribution is 7.18. The molecule has 18 heavy (non-hydrogen) atoms. The first-order valence-corrected chi connectivity index (χ1v) is 6.28. The molecule has 0 aliphatic heterocycles. The van der Waals surface area contributed by atoms with Gasteiger partial charge in [-0.15, -0.1) is 0 Å². The fourth-order valence-corrected chi connectivity index (χ4v) is 1.98. The second-order valence-corrected chi connectivity index (χ2v) is 4.67. The number of aromatic nitrogens is 1. The van der Waals surface area contributed by atoms with Crippen molar-refractivity contribution in [1.29, 1.82) is 0 Å². The molecule has 1 aromatic heterocycles. The number of aliphatic hydroxyl groups is 1. The molecule has 0 radical (unpaired) electrons. The molecule has 0 saturated heterocycles. The lowest BCUT2D eigenvalue weighted by Gasteiger charge is -2.05. The van der Waals surface area contributed by atoms with E-state index < -0.39 is 0 Å².